The maximum absolute atomic E-state index is 12.2. The molecule has 2 heterocycles. The molecule has 2 aromatic heterocycles. The van der Waals surface area contributed by atoms with Gasteiger partial charge in [0.25, 0.3) is 0 Å². The largest absolute Gasteiger partial charge is 0.492 e. The van der Waals surface area contributed by atoms with Crippen molar-refractivity contribution in [2.24, 2.45) is 7.05 Å². The van der Waals surface area contributed by atoms with E-state index in [9.17, 15) is 4.79 Å². The minimum absolute atomic E-state index is 0.343. The van der Waals surface area contributed by atoms with Crippen molar-refractivity contribution >= 4 is 27.8 Å². The monoisotopic (exact) mass is 326 g/mol. The van der Waals surface area contributed by atoms with E-state index in [0.717, 1.165) is 27.6 Å². The molecule has 0 aliphatic rings. The number of rotatable bonds is 3. The number of aromatic nitrogens is 2. The molecule has 3 aromatic rings. The second-order valence-corrected chi connectivity index (χ2v) is 5.99. The van der Waals surface area contributed by atoms with E-state index >= 15 is 0 Å². The lowest BCUT2D eigenvalue weighted by Gasteiger charge is -2.12. The Morgan fingerprint density at radius 1 is 1.25 bits per heavy atom. The Labute approximate surface area is 141 Å². The summed E-state index contributed by atoms with van der Waals surface area (Å²) in [5, 5.41) is 1.99. The molecule has 0 bridgehead atoms. The zero-order valence-corrected chi connectivity index (χ0v) is 15.0. The molecule has 24 heavy (non-hydrogen) atoms. The van der Waals surface area contributed by atoms with Gasteiger partial charge in [-0.2, -0.15) is 0 Å². The fourth-order valence-electron chi connectivity index (χ4n) is 3.21. The van der Waals surface area contributed by atoms with Crippen molar-refractivity contribution in [3.05, 3.63) is 34.6 Å². The highest BCUT2D eigenvalue weighted by molar-refractivity contribution is 6.06. The van der Waals surface area contributed by atoms with Gasteiger partial charge in [-0.3, -0.25) is 0 Å². The minimum atomic E-state index is -0.343. The highest BCUT2D eigenvalue weighted by Crippen LogP contribution is 2.38. The summed E-state index contributed by atoms with van der Waals surface area (Å²) >= 11 is 0. The molecule has 0 saturated carbocycles. The zero-order valence-electron chi connectivity index (χ0n) is 15.0. The van der Waals surface area contributed by atoms with Crippen LogP contribution in [0.25, 0.3) is 21.8 Å². The fourth-order valence-corrected chi connectivity index (χ4v) is 3.21. The Morgan fingerprint density at radius 2 is 1.96 bits per heavy atom. The fraction of sp³-hybridized carbons (Fsp3) is 0.368. The number of esters is 1. The van der Waals surface area contributed by atoms with Crippen LogP contribution in [0.15, 0.2) is 12.1 Å². The predicted molar refractivity (Wildman–Crippen MR) is 94.9 cm³/mol. The van der Waals surface area contributed by atoms with E-state index in [0.29, 0.717) is 17.9 Å². The molecule has 5 heteroatoms. The second-order valence-electron chi connectivity index (χ2n) is 5.99. The number of carbonyl (C=O) groups is 1. The maximum atomic E-state index is 12.2. The van der Waals surface area contributed by atoms with Crippen molar-refractivity contribution in [3.8, 4) is 5.75 Å². The highest BCUT2D eigenvalue weighted by atomic mass is 16.5. The Hall–Kier alpha value is -2.56. The molecule has 0 unspecified atom stereocenters. The number of nitrogens with zero attached hydrogens (tertiary/aromatic N) is 2. The van der Waals surface area contributed by atoms with Gasteiger partial charge in [-0.25, -0.2) is 9.78 Å². The van der Waals surface area contributed by atoms with Crippen LogP contribution in [-0.2, 0) is 11.8 Å². The molecular weight excluding hydrogens is 304 g/mol. The molecule has 0 spiro atoms. The van der Waals surface area contributed by atoms with E-state index in [1.165, 1.54) is 11.3 Å². The van der Waals surface area contributed by atoms with Crippen LogP contribution in [0, 0.1) is 20.8 Å². The third-order valence-electron chi connectivity index (χ3n) is 4.71. The number of fused-ring (bicyclic) bond motifs is 2. The van der Waals surface area contributed by atoms with E-state index in [1.54, 1.807) is 14.0 Å². The lowest BCUT2D eigenvalue weighted by Crippen LogP contribution is -2.08. The summed E-state index contributed by atoms with van der Waals surface area (Å²) in [7, 11) is 3.68. The van der Waals surface area contributed by atoms with Gasteiger partial charge >= 0.3 is 5.97 Å². The van der Waals surface area contributed by atoms with Gasteiger partial charge in [0.1, 0.15) is 5.52 Å². The molecule has 1 aromatic carbocycles. The maximum Gasteiger partial charge on any atom is 0.339 e. The first kappa shape index (κ1) is 16.3. The van der Waals surface area contributed by atoms with E-state index < -0.39 is 0 Å². The number of benzene rings is 1. The van der Waals surface area contributed by atoms with Crippen LogP contribution in [0.1, 0.15) is 34.2 Å². The Morgan fingerprint density at radius 3 is 2.58 bits per heavy atom. The first-order valence-corrected chi connectivity index (χ1v) is 8.01. The summed E-state index contributed by atoms with van der Waals surface area (Å²) in [6, 6.07) is 3.92. The van der Waals surface area contributed by atoms with Crippen LogP contribution in [0.3, 0.4) is 0 Å². The highest BCUT2D eigenvalue weighted by Gasteiger charge is 2.20. The first-order valence-electron chi connectivity index (χ1n) is 8.01. The molecule has 3 rings (SSSR count). The average molecular weight is 326 g/mol. The van der Waals surface area contributed by atoms with E-state index in [-0.39, 0.29) is 5.97 Å². The molecule has 0 amide bonds. The number of carbonyl (C=O) groups excluding carboxylic acids is 1. The first-order chi connectivity index (χ1) is 11.4. The van der Waals surface area contributed by atoms with Crippen molar-refractivity contribution in [1.29, 1.82) is 0 Å². The number of pyridine rings is 1. The summed E-state index contributed by atoms with van der Waals surface area (Å²) in [6.07, 6.45) is 0. The van der Waals surface area contributed by atoms with E-state index in [4.69, 9.17) is 9.47 Å². The zero-order chi connectivity index (χ0) is 17.6. The van der Waals surface area contributed by atoms with Gasteiger partial charge in [0.2, 0.25) is 0 Å². The van der Waals surface area contributed by atoms with Crippen molar-refractivity contribution in [3.63, 3.8) is 0 Å². The smallest absolute Gasteiger partial charge is 0.339 e. The lowest BCUT2D eigenvalue weighted by molar-refractivity contribution is 0.0525. The number of hydrogen-bond acceptors (Lipinski definition) is 4. The summed E-state index contributed by atoms with van der Waals surface area (Å²) in [6.45, 7) is 8.13. The summed E-state index contributed by atoms with van der Waals surface area (Å²) in [5.74, 6) is 0.393. The van der Waals surface area contributed by atoms with Gasteiger partial charge < -0.3 is 14.0 Å². The third kappa shape index (κ3) is 2.23. The predicted octanol–water partition coefficient (Wildman–Crippen LogP) is 3.84. The van der Waals surface area contributed by atoms with Gasteiger partial charge in [-0.15, -0.1) is 0 Å². The molecule has 0 atom stereocenters. The molecule has 0 aliphatic carbocycles. The number of methoxy groups -OCH3 is 1. The Kier molecular flexibility index (Phi) is 3.95. The minimum Gasteiger partial charge on any atom is -0.492 e. The van der Waals surface area contributed by atoms with Crippen LogP contribution in [0.4, 0.5) is 0 Å². The van der Waals surface area contributed by atoms with Gasteiger partial charge in [0.05, 0.1) is 30.5 Å². The topological polar surface area (TPSA) is 53.4 Å². The molecule has 0 fully saturated rings. The van der Waals surface area contributed by atoms with E-state index in [2.05, 4.69) is 29.5 Å². The standard InChI is InChI=1S/C19H22N2O3/c1-7-24-19(22)15-9-13-8-14-10(2)12(4)21(5)17(14)18(23-6)16(13)20-11(15)3/h8-9H,7H2,1-6H3. The van der Waals surface area contributed by atoms with Gasteiger partial charge in [0, 0.05) is 23.5 Å². The lowest BCUT2D eigenvalue weighted by atomic mass is 10.0. The van der Waals surface area contributed by atoms with Gasteiger partial charge in [-0.1, -0.05) is 0 Å². The molecule has 5 nitrogen and oxygen atoms in total. The van der Waals surface area contributed by atoms with Crippen molar-refractivity contribution in [1.82, 2.24) is 9.55 Å². The van der Waals surface area contributed by atoms with Crippen molar-refractivity contribution < 1.29 is 14.3 Å². The van der Waals surface area contributed by atoms with Crippen LogP contribution in [0.2, 0.25) is 0 Å². The van der Waals surface area contributed by atoms with Crippen LogP contribution >= 0.6 is 0 Å². The van der Waals surface area contributed by atoms with Crippen LogP contribution < -0.4 is 4.74 Å². The van der Waals surface area contributed by atoms with E-state index in [1.807, 2.05) is 20.0 Å². The third-order valence-corrected chi connectivity index (χ3v) is 4.71. The Bertz CT molecular complexity index is 970. The normalized spacial score (nSPS) is 11.2. The Balaban J connectivity index is 2.41. The number of aryl methyl sites for hydroxylation is 3. The number of hydrogen-bond donors (Lipinski definition) is 0. The summed E-state index contributed by atoms with van der Waals surface area (Å²) < 4.78 is 13.0. The van der Waals surface area contributed by atoms with Gasteiger partial charge in [-0.05, 0) is 45.4 Å². The van der Waals surface area contributed by atoms with Gasteiger partial charge in [0.15, 0.2) is 5.75 Å². The van der Waals surface area contributed by atoms with Crippen LogP contribution in [0.5, 0.6) is 5.75 Å². The summed E-state index contributed by atoms with van der Waals surface area (Å²) in [4.78, 5) is 16.8. The molecule has 0 N–H and O–H groups in total. The average Bonchev–Trinajstić information content (AvgIpc) is 2.77. The SMILES string of the molecule is CCOC(=O)c1cc2cc3c(C)c(C)n(C)c3c(OC)c2nc1C. The molecule has 126 valence electrons. The van der Waals surface area contributed by atoms with Crippen molar-refractivity contribution in [2.75, 3.05) is 13.7 Å². The number of ether oxygens (including phenoxy) is 2. The molecular formula is C19H22N2O3. The van der Waals surface area contributed by atoms with Crippen molar-refractivity contribution in [2.45, 2.75) is 27.7 Å². The second kappa shape index (κ2) is 5.82. The van der Waals surface area contributed by atoms with Crippen LogP contribution in [-0.4, -0.2) is 29.2 Å². The molecule has 0 aliphatic heterocycles. The quantitative estimate of drug-likeness (QED) is 0.686. The molecule has 0 saturated heterocycles. The summed E-state index contributed by atoms with van der Waals surface area (Å²) in [5.41, 5.74) is 5.30. The molecule has 0 radical (unpaired) electrons.